The summed E-state index contributed by atoms with van der Waals surface area (Å²) < 4.78 is 2.14. The van der Waals surface area contributed by atoms with Crippen molar-refractivity contribution in [3.63, 3.8) is 0 Å². The average Bonchev–Trinajstić information content (AvgIpc) is 3.09. The first-order chi connectivity index (χ1) is 13.8. The lowest BCUT2D eigenvalue weighted by Gasteiger charge is -2.26. The van der Waals surface area contributed by atoms with Crippen LogP contribution in [0.15, 0.2) is 83.9 Å². The van der Waals surface area contributed by atoms with Gasteiger partial charge in [0.1, 0.15) is 0 Å². The molecule has 2 heterocycles. The second kappa shape index (κ2) is 5.57. The normalized spacial score (nSPS) is 16.1. The van der Waals surface area contributed by atoms with Crippen molar-refractivity contribution in [3.05, 3.63) is 84.4 Å². The van der Waals surface area contributed by atoms with Crippen molar-refractivity contribution >= 4 is 44.5 Å². The summed E-state index contributed by atoms with van der Waals surface area (Å²) in [4.78, 5) is 9.55. The van der Waals surface area contributed by atoms with Gasteiger partial charge < -0.3 is 5.73 Å². The van der Waals surface area contributed by atoms with Crippen molar-refractivity contribution in [2.45, 2.75) is 6.17 Å². The van der Waals surface area contributed by atoms with Crippen molar-refractivity contribution in [1.82, 2.24) is 9.55 Å². The Bertz CT molecular complexity index is 1360. The van der Waals surface area contributed by atoms with E-state index in [9.17, 15) is 0 Å². The third-order valence-electron chi connectivity index (χ3n) is 5.41. The Hall–Kier alpha value is -3.86. The van der Waals surface area contributed by atoms with Gasteiger partial charge in [-0.25, -0.2) is 9.98 Å². The number of rotatable bonds is 1. The van der Waals surface area contributed by atoms with Crippen molar-refractivity contribution in [2.24, 2.45) is 10.7 Å². The lowest BCUT2D eigenvalue weighted by Crippen LogP contribution is -2.31. The van der Waals surface area contributed by atoms with Gasteiger partial charge in [-0.1, -0.05) is 60.7 Å². The van der Waals surface area contributed by atoms with E-state index in [-0.39, 0.29) is 6.17 Å². The van der Waals surface area contributed by atoms with Crippen LogP contribution in [-0.4, -0.2) is 15.5 Å². The summed E-state index contributed by atoms with van der Waals surface area (Å²) in [5, 5.41) is 7.85. The zero-order valence-corrected chi connectivity index (χ0v) is 15.0. The highest BCUT2D eigenvalue weighted by Crippen LogP contribution is 2.39. The molecule has 1 aromatic heterocycles. The molecule has 134 valence electrons. The highest BCUT2D eigenvalue weighted by Gasteiger charge is 2.27. The number of anilines is 1. The van der Waals surface area contributed by atoms with E-state index in [1.807, 2.05) is 18.2 Å². The van der Waals surface area contributed by atoms with Crippen molar-refractivity contribution in [1.29, 1.82) is 0 Å². The number of hydrogen-bond donors (Lipinski definition) is 2. The summed E-state index contributed by atoms with van der Waals surface area (Å²) in [5.74, 6) is 1.10. The van der Waals surface area contributed by atoms with Crippen LogP contribution in [-0.2, 0) is 0 Å². The number of para-hydroxylation sites is 2. The Morgan fingerprint density at radius 2 is 1.46 bits per heavy atom. The molecule has 1 aliphatic rings. The van der Waals surface area contributed by atoms with Crippen molar-refractivity contribution in [3.8, 4) is 0 Å². The van der Waals surface area contributed by atoms with Crippen LogP contribution in [0, 0.1) is 0 Å². The molecule has 3 N–H and O–H groups in total. The molecule has 1 atom stereocenters. The highest BCUT2D eigenvalue weighted by atomic mass is 15.4. The minimum Gasteiger partial charge on any atom is -0.370 e. The van der Waals surface area contributed by atoms with E-state index >= 15 is 0 Å². The molecule has 28 heavy (non-hydrogen) atoms. The number of fused-ring (bicyclic) bond motifs is 5. The number of imidazole rings is 1. The number of guanidine groups is 1. The van der Waals surface area contributed by atoms with Crippen LogP contribution in [0.4, 0.5) is 5.95 Å². The van der Waals surface area contributed by atoms with Gasteiger partial charge in [-0.2, -0.15) is 0 Å². The predicted molar refractivity (Wildman–Crippen MR) is 115 cm³/mol. The summed E-state index contributed by atoms with van der Waals surface area (Å²) in [5.41, 5.74) is 9.27. The maximum absolute atomic E-state index is 6.17. The van der Waals surface area contributed by atoms with Gasteiger partial charge in [0, 0.05) is 5.56 Å². The zero-order chi connectivity index (χ0) is 18.7. The first-order valence-corrected chi connectivity index (χ1v) is 9.27. The average molecular weight is 363 g/mol. The molecule has 0 saturated carbocycles. The third kappa shape index (κ3) is 2.07. The maximum Gasteiger partial charge on any atom is 0.212 e. The number of nitrogens with one attached hydrogen (secondary N) is 1. The SMILES string of the molecule is NC1=N[C@H](c2c3ccccc3cc3ccccc23)n2c(nc3ccccc32)N1. The molecule has 4 aromatic carbocycles. The minimum absolute atomic E-state index is 0.292. The lowest BCUT2D eigenvalue weighted by atomic mass is 9.94. The Kier molecular flexibility index (Phi) is 3.03. The molecular weight excluding hydrogens is 346 g/mol. The zero-order valence-electron chi connectivity index (χ0n) is 15.0. The van der Waals surface area contributed by atoms with E-state index in [2.05, 4.69) is 70.5 Å². The molecule has 5 heteroatoms. The molecule has 0 fully saturated rings. The molecule has 0 radical (unpaired) electrons. The van der Waals surface area contributed by atoms with E-state index in [1.54, 1.807) is 0 Å². The van der Waals surface area contributed by atoms with Crippen molar-refractivity contribution in [2.75, 3.05) is 5.32 Å². The molecular formula is C23H17N5. The number of hydrogen-bond acceptors (Lipinski definition) is 4. The first kappa shape index (κ1) is 15.2. The van der Waals surface area contributed by atoms with Gasteiger partial charge in [0.05, 0.1) is 11.0 Å². The molecule has 0 amide bonds. The van der Waals surface area contributed by atoms with Crippen LogP contribution in [0.1, 0.15) is 11.7 Å². The minimum atomic E-state index is -0.292. The number of aromatic nitrogens is 2. The topological polar surface area (TPSA) is 68.2 Å². The van der Waals surface area contributed by atoms with Gasteiger partial charge in [0.2, 0.25) is 5.95 Å². The van der Waals surface area contributed by atoms with Crippen LogP contribution in [0.2, 0.25) is 0 Å². The highest BCUT2D eigenvalue weighted by molar-refractivity contribution is 6.04. The predicted octanol–water partition coefficient (Wildman–Crippen LogP) is 4.63. The third-order valence-corrected chi connectivity index (χ3v) is 5.41. The summed E-state index contributed by atoms with van der Waals surface area (Å²) >= 11 is 0. The fourth-order valence-electron chi connectivity index (χ4n) is 4.24. The largest absolute Gasteiger partial charge is 0.370 e. The molecule has 0 spiro atoms. The Balaban J connectivity index is 1.77. The monoisotopic (exact) mass is 363 g/mol. The summed E-state index contributed by atoms with van der Waals surface area (Å²) in [7, 11) is 0. The molecule has 1 aliphatic heterocycles. The van der Waals surface area contributed by atoms with Gasteiger partial charge in [0.15, 0.2) is 12.1 Å². The molecule has 5 aromatic rings. The molecule has 0 aliphatic carbocycles. The van der Waals surface area contributed by atoms with Crippen LogP contribution in [0.3, 0.4) is 0 Å². The quantitative estimate of drug-likeness (QED) is 0.427. The molecule has 6 rings (SSSR count). The van der Waals surface area contributed by atoms with Crippen LogP contribution < -0.4 is 11.1 Å². The van der Waals surface area contributed by atoms with Crippen LogP contribution in [0.5, 0.6) is 0 Å². The second-order valence-electron chi connectivity index (χ2n) is 7.04. The molecule has 0 unspecified atom stereocenters. The smallest absolute Gasteiger partial charge is 0.212 e. The summed E-state index contributed by atoms with van der Waals surface area (Å²) in [6, 6.07) is 27.2. The van der Waals surface area contributed by atoms with Crippen LogP contribution >= 0.6 is 0 Å². The van der Waals surface area contributed by atoms with E-state index in [4.69, 9.17) is 15.7 Å². The van der Waals surface area contributed by atoms with Gasteiger partial charge in [0.25, 0.3) is 0 Å². The Morgan fingerprint density at radius 1 is 0.821 bits per heavy atom. The molecule has 0 saturated heterocycles. The molecule has 5 nitrogen and oxygen atoms in total. The standard InChI is InChI=1S/C23H17N5/c24-22-26-21(28-19-12-6-5-11-18(19)25-23(28)27-22)20-16-9-3-1-7-14(16)13-15-8-2-4-10-17(15)20/h1-13,21H,(H3,24,25,26,27)/t21-/m0/s1. The fraction of sp³-hybridized carbons (Fsp3) is 0.0435. The Morgan fingerprint density at radius 3 is 2.21 bits per heavy atom. The summed E-state index contributed by atoms with van der Waals surface area (Å²) in [6.45, 7) is 0. The van der Waals surface area contributed by atoms with E-state index in [0.29, 0.717) is 5.96 Å². The van der Waals surface area contributed by atoms with Gasteiger partial charge in [-0.3, -0.25) is 9.88 Å². The molecule has 0 bridgehead atoms. The fourth-order valence-corrected chi connectivity index (χ4v) is 4.24. The maximum atomic E-state index is 6.17. The number of nitrogens with zero attached hydrogens (tertiary/aromatic N) is 3. The Labute approximate surface area is 161 Å². The summed E-state index contributed by atoms with van der Waals surface area (Å²) in [6.07, 6.45) is -0.292. The number of nitrogens with two attached hydrogens (primary N) is 1. The van der Waals surface area contributed by atoms with Crippen molar-refractivity contribution < 1.29 is 0 Å². The van der Waals surface area contributed by atoms with E-state index in [1.165, 1.54) is 21.5 Å². The van der Waals surface area contributed by atoms with E-state index < -0.39 is 0 Å². The number of benzene rings is 4. The lowest BCUT2D eigenvalue weighted by molar-refractivity contribution is 0.635. The van der Waals surface area contributed by atoms with Gasteiger partial charge >= 0.3 is 0 Å². The second-order valence-corrected chi connectivity index (χ2v) is 7.04. The first-order valence-electron chi connectivity index (χ1n) is 9.27. The number of aliphatic imine (C=N–C) groups is 1. The van der Waals surface area contributed by atoms with Gasteiger partial charge in [-0.05, 0) is 39.7 Å². The van der Waals surface area contributed by atoms with Gasteiger partial charge in [-0.15, -0.1) is 0 Å². The van der Waals surface area contributed by atoms with Crippen LogP contribution in [0.25, 0.3) is 32.6 Å². The van der Waals surface area contributed by atoms with E-state index in [0.717, 1.165) is 22.5 Å².